The van der Waals surface area contributed by atoms with Crippen LogP contribution in [0, 0.1) is 0 Å². The van der Waals surface area contributed by atoms with Crippen LogP contribution in [0.5, 0.6) is 0 Å². The van der Waals surface area contributed by atoms with E-state index in [2.05, 4.69) is 20.0 Å². The summed E-state index contributed by atoms with van der Waals surface area (Å²) in [6, 6.07) is 4.92. The normalized spacial score (nSPS) is 11.0. The first-order valence-electron chi connectivity index (χ1n) is 5.74. The number of rotatable bonds is 5. The van der Waals surface area contributed by atoms with E-state index >= 15 is 0 Å². The molecule has 0 aliphatic rings. The van der Waals surface area contributed by atoms with Gasteiger partial charge in [0, 0.05) is 25.1 Å². The zero-order valence-electron chi connectivity index (χ0n) is 10.4. The van der Waals surface area contributed by atoms with Crippen molar-refractivity contribution in [2.24, 2.45) is 0 Å². The van der Waals surface area contributed by atoms with Gasteiger partial charge in [-0.3, -0.25) is 14.7 Å². The van der Waals surface area contributed by atoms with Gasteiger partial charge in [0.1, 0.15) is 4.90 Å². The van der Waals surface area contributed by atoms with E-state index < -0.39 is 10.0 Å². The summed E-state index contributed by atoms with van der Waals surface area (Å²) in [7, 11) is -3.68. The molecule has 0 aromatic carbocycles. The summed E-state index contributed by atoms with van der Waals surface area (Å²) in [5.74, 6) is 0. The number of anilines is 2. The van der Waals surface area contributed by atoms with E-state index in [-0.39, 0.29) is 4.90 Å². The van der Waals surface area contributed by atoms with Crippen molar-refractivity contribution in [3.8, 4) is 0 Å². The molecule has 0 saturated carbocycles. The number of hydrogen-bond acceptors (Lipinski definition) is 5. The van der Waals surface area contributed by atoms with E-state index in [1.165, 1.54) is 12.4 Å². The minimum atomic E-state index is -3.68. The minimum Gasteiger partial charge on any atom is -0.384 e. The van der Waals surface area contributed by atoms with Crippen LogP contribution in [0.2, 0.25) is 0 Å². The van der Waals surface area contributed by atoms with Gasteiger partial charge in [-0.2, -0.15) is 0 Å². The fourth-order valence-electron chi connectivity index (χ4n) is 1.56. The molecule has 2 rings (SSSR count). The summed E-state index contributed by atoms with van der Waals surface area (Å²) < 4.78 is 27.0. The van der Waals surface area contributed by atoms with Gasteiger partial charge < -0.3 is 5.32 Å². The number of aromatic nitrogens is 2. The van der Waals surface area contributed by atoms with Crippen molar-refractivity contribution in [1.29, 1.82) is 0 Å². The van der Waals surface area contributed by atoms with Gasteiger partial charge in [-0.25, -0.2) is 8.42 Å². The highest BCUT2D eigenvalue weighted by Gasteiger charge is 2.18. The van der Waals surface area contributed by atoms with Gasteiger partial charge in [0.25, 0.3) is 10.0 Å². The van der Waals surface area contributed by atoms with Crippen LogP contribution in [0.25, 0.3) is 0 Å². The Morgan fingerprint density at radius 1 is 1.16 bits per heavy atom. The third kappa shape index (κ3) is 3.19. The van der Waals surface area contributed by atoms with Crippen LogP contribution >= 0.6 is 0 Å². The fourth-order valence-corrected chi connectivity index (χ4v) is 2.73. The Balaban J connectivity index is 2.35. The molecule has 0 aliphatic heterocycles. The van der Waals surface area contributed by atoms with Gasteiger partial charge in [0.05, 0.1) is 17.6 Å². The first kappa shape index (κ1) is 13.3. The smallest absolute Gasteiger partial charge is 0.265 e. The van der Waals surface area contributed by atoms with Gasteiger partial charge >= 0.3 is 0 Å². The summed E-state index contributed by atoms with van der Waals surface area (Å²) in [6.45, 7) is 2.52. The number of pyridine rings is 2. The predicted molar refractivity (Wildman–Crippen MR) is 73.4 cm³/mol. The molecule has 100 valence electrons. The molecule has 19 heavy (non-hydrogen) atoms. The highest BCUT2D eigenvalue weighted by molar-refractivity contribution is 7.92. The van der Waals surface area contributed by atoms with Crippen LogP contribution in [0.4, 0.5) is 11.4 Å². The van der Waals surface area contributed by atoms with Crippen LogP contribution < -0.4 is 10.0 Å². The molecule has 2 N–H and O–H groups in total. The van der Waals surface area contributed by atoms with Gasteiger partial charge in [-0.15, -0.1) is 0 Å². The summed E-state index contributed by atoms with van der Waals surface area (Å²) in [5.41, 5.74) is 0.933. The SMILES string of the molecule is CCNc1ccncc1S(=O)(=O)Nc1cccnc1. The van der Waals surface area contributed by atoms with Crippen LogP contribution in [-0.4, -0.2) is 24.9 Å². The second kappa shape index (κ2) is 5.66. The van der Waals surface area contributed by atoms with Crippen molar-refractivity contribution in [2.45, 2.75) is 11.8 Å². The minimum absolute atomic E-state index is 0.112. The van der Waals surface area contributed by atoms with Gasteiger partial charge in [-0.05, 0) is 25.1 Å². The van der Waals surface area contributed by atoms with E-state index in [1.54, 1.807) is 30.6 Å². The fraction of sp³-hybridized carbons (Fsp3) is 0.167. The summed E-state index contributed by atoms with van der Waals surface area (Å²) in [4.78, 5) is 7.84. The zero-order chi connectivity index (χ0) is 13.7. The molecule has 0 unspecified atom stereocenters. The largest absolute Gasteiger partial charge is 0.384 e. The third-order valence-electron chi connectivity index (χ3n) is 2.36. The van der Waals surface area contributed by atoms with Crippen LogP contribution in [0.1, 0.15) is 6.92 Å². The second-order valence-corrected chi connectivity index (χ2v) is 5.40. The average Bonchev–Trinajstić information content (AvgIpc) is 2.40. The van der Waals surface area contributed by atoms with Crippen LogP contribution in [0.3, 0.4) is 0 Å². The molecule has 6 nitrogen and oxygen atoms in total. The Kier molecular flexibility index (Phi) is 3.96. The molecular formula is C12H14N4O2S. The van der Waals surface area contributed by atoms with Crippen molar-refractivity contribution in [3.05, 3.63) is 43.0 Å². The topological polar surface area (TPSA) is 84.0 Å². The van der Waals surface area contributed by atoms with Crippen LogP contribution in [-0.2, 0) is 10.0 Å². The molecule has 0 radical (unpaired) electrons. The average molecular weight is 278 g/mol. The Bertz CT molecular complexity index is 644. The van der Waals surface area contributed by atoms with E-state index in [4.69, 9.17) is 0 Å². The Hall–Kier alpha value is -2.15. The zero-order valence-corrected chi connectivity index (χ0v) is 11.2. The molecule has 0 atom stereocenters. The van der Waals surface area contributed by atoms with E-state index in [9.17, 15) is 8.42 Å². The maximum Gasteiger partial charge on any atom is 0.265 e. The van der Waals surface area contributed by atoms with Crippen molar-refractivity contribution < 1.29 is 8.42 Å². The predicted octanol–water partition coefficient (Wildman–Crippen LogP) is 1.71. The summed E-state index contributed by atoms with van der Waals surface area (Å²) in [6.07, 6.45) is 5.88. The van der Waals surface area contributed by atoms with E-state index in [1.807, 2.05) is 6.92 Å². The highest BCUT2D eigenvalue weighted by Crippen LogP contribution is 2.21. The van der Waals surface area contributed by atoms with Gasteiger partial charge in [0.2, 0.25) is 0 Å². The molecular weight excluding hydrogens is 264 g/mol. The molecule has 0 spiro atoms. The molecule has 0 fully saturated rings. The number of nitrogens with one attached hydrogen (secondary N) is 2. The Labute approximate surface area is 112 Å². The lowest BCUT2D eigenvalue weighted by Gasteiger charge is -2.12. The molecule has 2 aromatic heterocycles. The standard InChI is InChI=1S/C12H14N4O2S/c1-2-15-11-5-7-14-9-12(11)19(17,18)16-10-4-3-6-13-8-10/h3-9,16H,2H2,1H3,(H,14,15). The third-order valence-corrected chi connectivity index (χ3v) is 3.76. The molecule has 0 saturated heterocycles. The second-order valence-electron chi connectivity index (χ2n) is 3.75. The highest BCUT2D eigenvalue weighted by atomic mass is 32.2. The maximum absolute atomic E-state index is 12.3. The summed E-state index contributed by atoms with van der Waals surface area (Å²) in [5, 5.41) is 2.99. The Morgan fingerprint density at radius 2 is 1.95 bits per heavy atom. The lowest BCUT2D eigenvalue weighted by atomic mass is 10.4. The molecule has 2 aromatic rings. The lowest BCUT2D eigenvalue weighted by Crippen LogP contribution is -2.15. The van der Waals surface area contributed by atoms with Crippen molar-refractivity contribution in [2.75, 3.05) is 16.6 Å². The van der Waals surface area contributed by atoms with Gasteiger partial charge in [-0.1, -0.05) is 0 Å². The first-order chi connectivity index (χ1) is 9.13. The van der Waals surface area contributed by atoms with E-state index in [0.29, 0.717) is 17.9 Å². The molecule has 0 bridgehead atoms. The lowest BCUT2D eigenvalue weighted by molar-refractivity contribution is 0.601. The summed E-state index contributed by atoms with van der Waals surface area (Å²) >= 11 is 0. The molecule has 7 heteroatoms. The Morgan fingerprint density at radius 3 is 2.63 bits per heavy atom. The number of hydrogen-bond donors (Lipinski definition) is 2. The number of nitrogens with zero attached hydrogens (tertiary/aromatic N) is 2. The van der Waals surface area contributed by atoms with Crippen LogP contribution in [0.15, 0.2) is 47.9 Å². The first-order valence-corrected chi connectivity index (χ1v) is 7.22. The van der Waals surface area contributed by atoms with Crippen molar-refractivity contribution >= 4 is 21.4 Å². The van der Waals surface area contributed by atoms with E-state index in [0.717, 1.165) is 0 Å². The molecule has 0 amide bonds. The van der Waals surface area contributed by atoms with Crippen molar-refractivity contribution in [3.63, 3.8) is 0 Å². The monoisotopic (exact) mass is 278 g/mol. The molecule has 2 heterocycles. The van der Waals surface area contributed by atoms with Gasteiger partial charge in [0.15, 0.2) is 0 Å². The quantitative estimate of drug-likeness (QED) is 0.869. The molecule has 0 aliphatic carbocycles. The maximum atomic E-state index is 12.3. The number of sulfonamides is 1. The van der Waals surface area contributed by atoms with Crippen molar-refractivity contribution in [1.82, 2.24) is 9.97 Å².